The van der Waals surface area contributed by atoms with Gasteiger partial charge in [0.1, 0.15) is 23.0 Å². The first-order chi connectivity index (χ1) is 15.7. The van der Waals surface area contributed by atoms with Crippen molar-refractivity contribution in [3.05, 3.63) is 89.5 Å². The van der Waals surface area contributed by atoms with Gasteiger partial charge in [-0.05, 0) is 80.4 Å². The Hall–Kier alpha value is -3.25. The van der Waals surface area contributed by atoms with Crippen LogP contribution in [0.1, 0.15) is 30.5 Å². The molecule has 0 fully saturated rings. The minimum Gasteiger partial charge on any atom is -0.496 e. The standard InChI is InChI=1S/C27H29NO4S/c1-20-16-24(11-13-25(20)31-4)33(29,30)19-28(23-8-6-5-7-9-23)18-21-10-12-26-22(17-21)14-15-27(2,3)32-26/h5-17H,18-19H2,1-4H3. The Balaban J connectivity index is 1.64. The first-order valence-electron chi connectivity index (χ1n) is 10.9. The molecule has 0 bridgehead atoms. The van der Waals surface area contributed by atoms with Crippen LogP contribution < -0.4 is 14.4 Å². The van der Waals surface area contributed by atoms with Gasteiger partial charge in [-0.3, -0.25) is 0 Å². The van der Waals surface area contributed by atoms with Gasteiger partial charge in [0, 0.05) is 17.8 Å². The predicted octanol–water partition coefficient (Wildman–Crippen LogP) is 5.63. The van der Waals surface area contributed by atoms with E-state index in [1.54, 1.807) is 25.3 Å². The van der Waals surface area contributed by atoms with Crippen LogP contribution in [-0.4, -0.2) is 27.0 Å². The SMILES string of the molecule is COc1ccc(S(=O)(=O)CN(Cc2ccc3c(c2)C=CC(C)(C)O3)c2ccccc2)cc1C. The molecule has 172 valence electrons. The van der Waals surface area contributed by atoms with Crippen molar-refractivity contribution >= 4 is 21.6 Å². The van der Waals surface area contributed by atoms with Crippen molar-refractivity contribution in [2.24, 2.45) is 0 Å². The van der Waals surface area contributed by atoms with Crippen molar-refractivity contribution in [1.29, 1.82) is 0 Å². The van der Waals surface area contributed by atoms with Gasteiger partial charge in [-0.25, -0.2) is 8.42 Å². The lowest BCUT2D eigenvalue weighted by atomic mass is 10.0. The molecule has 1 heterocycles. The number of rotatable bonds is 7. The van der Waals surface area contributed by atoms with E-state index in [9.17, 15) is 8.42 Å². The van der Waals surface area contributed by atoms with Gasteiger partial charge in [0.15, 0.2) is 9.84 Å². The van der Waals surface area contributed by atoms with Gasteiger partial charge in [-0.15, -0.1) is 0 Å². The Morgan fingerprint density at radius 2 is 1.76 bits per heavy atom. The molecule has 0 atom stereocenters. The van der Waals surface area contributed by atoms with Crippen LogP contribution in [-0.2, 0) is 16.4 Å². The van der Waals surface area contributed by atoms with Crippen molar-refractivity contribution in [3.8, 4) is 11.5 Å². The normalized spacial score (nSPS) is 14.3. The maximum absolute atomic E-state index is 13.3. The number of sulfone groups is 1. The van der Waals surface area contributed by atoms with Crippen LogP contribution in [0, 0.1) is 6.92 Å². The Morgan fingerprint density at radius 3 is 2.45 bits per heavy atom. The second-order valence-corrected chi connectivity index (χ2v) is 10.8. The summed E-state index contributed by atoms with van der Waals surface area (Å²) in [6.45, 7) is 6.33. The number of ether oxygens (including phenoxy) is 2. The monoisotopic (exact) mass is 463 g/mol. The number of nitrogens with zero attached hydrogens (tertiary/aromatic N) is 1. The van der Waals surface area contributed by atoms with E-state index in [1.807, 2.05) is 74.2 Å². The van der Waals surface area contributed by atoms with Crippen molar-refractivity contribution in [3.63, 3.8) is 0 Å². The Kier molecular flexibility index (Phi) is 6.21. The summed E-state index contributed by atoms with van der Waals surface area (Å²) in [6.07, 6.45) is 4.09. The predicted molar refractivity (Wildman–Crippen MR) is 133 cm³/mol. The van der Waals surface area contributed by atoms with E-state index in [0.717, 1.165) is 28.1 Å². The smallest absolute Gasteiger partial charge is 0.196 e. The molecule has 0 aromatic heterocycles. The van der Waals surface area contributed by atoms with Gasteiger partial charge in [0.05, 0.1) is 12.0 Å². The lowest BCUT2D eigenvalue weighted by Crippen LogP contribution is -2.30. The third-order valence-corrected chi connectivity index (χ3v) is 7.28. The summed E-state index contributed by atoms with van der Waals surface area (Å²) < 4.78 is 38.0. The lowest BCUT2D eigenvalue weighted by Gasteiger charge is -2.29. The summed E-state index contributed by atoms with van der Waals surface area (Å²) in [4.78, 5) is 2.17. The fraction of sp³-hybridized carbons (Fsp3) is 0.259. The van der Waals surface area contributed by atoms with Crippen molar-refractivity contribution in [2.75, 3.05) is 17.9 Å². The molecule has 1 aliphatic heterocycles. The minimum absolute atomic E-state index is 0.140. The van der Waals surface area contributed by atoms with Crippen LogP contribution in [0.2, 0.25) is 0 Å². The average Bonchev–Trinajstić information content (AvgIpc) is 2.78. The number of aryl methyl sites for hydroxylation is 1. The Labute approximate surface area is 196 Å². The van der Waals surface area contributed by atoms with Crippen LogP contribution >= 0.6 is 0 Å². The number of hydrogen-bond acceptors (Lipinski definition) is 5. The molecule has 0 unspecified atom stereocenters. The summed E-state index contributed by atoms with van der Waals surface area (Å²) in [6, 6.07) is 20.6. The van der Waals surface area contributed by atoms with E-state index < -0.39 is 9.84 Å². The van der Waals surface area contributed by atoms with E-state index in [1.165, 1.54) is 0 Å². The molecule has 5 nitrogen and oxygen atoms in total. The fourth-order valence-electron chi connectivity index (χ4n) is 3.92. The van der Waals surface area contributed by atoms with E-state index >= 15 is 0 Å². The van der Waals surface area contributed by atoms with E-state index in [2.05, 4.69) is 12.1 Å². The van der Waals surface area contributed by atoms with Gasteiger partial charge in [0.2, 0.25) is 0 Å². The summed E-state index contributed by atoms with van der Waals surface area (Å²) in [5, 5.41) is 0. The Morgan fingerprint density at radius 1 is 1.00 bits per heavy atom. The molecular formula is C27H29NO4S. The van der Waals surface area contributed by atoms with Crippen molar-refractivity contribution in [1.82, 2.24) is 0 Å². The largest absolute Gasteiger partial charge is 0.496 e. The summed E-state index contributed by atoms with van der Waals surface area (Å²) >= 11 is 0. The van der Waals surface area contributed by atoms with E-state index in [0.29, 0.717) is 12.3 Å². The highest BCUT2D eigenvalue weighted by Gasteiger charge is 2.24. The second-order valence-electron chi connectivity index (χ2n) is 8.82. The molecule has 3 aromatic carbocycles. The van der Waals surface area contributed by atoms with Gasteiger partial charge in [0.25, 0.3) is 0 Å². The Bertz CT molecular complexity index is 1280. The zero-order chi connectivity index (χ0) is 23.6. The van der Waals surface area contributed by atoms with Gasteiger partial charge in [-0.1, -0.05) is 30.3 Å². The van der Waals surface area contributed by atoms with Gasteiger partial charge >= 0.3 is 0 Å². The average molecular weight is 464 g/mol. The molecule has 0 saturated carbocycles. The highest BCUT2D eigenvalue weighted by Crippen LogP contribution is 2.32. The first-order valence-corrected chi connectivity index (χ1v) is 12.5. The van der Waals surface area contributed by atoms with Crippen LogP contribution in [0.3, 0.4) is 0 Å². The molecule has 4 rings (SSSR count). The molecule has 3 aromatic rings. The van der Waals surface area contributed by atoms with Crippen molar-refractivity contribution < 1.29 is 17.9 Å². The van der Waals surface area contributed by atoms with Gasteiger partial charge < -0.3 is 14.4 Å². The molecular weight excluding hydrogens is 434 g/mol. The number of fused-ring (bicyclic) bond motifs is 1. The van der Waals surface area contributed by atoms with Crippen LogP contribution in [0.4, 0.5) is 5.69 Å². The molecule has 0 N–H and O–H groups in total. The molecule has 0 spiro atoms. The van der Waals surface area contributed by atoms with Crippen LogP contribution in [0.5, 0.6) is 11.5 Å². The number of para-hydroxylation sites is 1. The summed E-state index contributed by atoms with van der Waals surface area (Å²) in [5.74, 6) is 1.36. The summed E-state index contributed by atoms with van der Waals surface area (Å²) in [7, 11) is -2.00. The molecule has 33 heavy (non-hydrogen) atoms. The number of hydrogen-bond donors (Lipinski definition) is 0. The number of methoxy groups -OCH3 is 1. The topological polar surface area (TPSA) is 55.8 Å². The van der Waals surface area contributed by atoms with E-state index in [4.69, 9.17) is 9.47 Å². The number of benzene rings is 3. The maximum Gasteiger partial charge on any atom is 0.196 e. The van der Waals surface area contributed by atoms with E-state index in [-0.39, 0.29) is 16.4 Å². The third-order valence-electron chi connectivity index (χ3n) is 5.66. The zero-order valence-corrected chi connectivity index (χ0v) is 20.2. The molecule has 0 aliphatic carbocycles. The van der Waals surface area contributed by atoms with Crippen LogP contribution in [0.15, 0.2) is 77.7 Å². The first kappa shape index (κ1) is 22.9. The second kappa shape index (κ2) is 8.94. The summed E-state index contributed by atoms with van der Waals surface area (Å²) in [5.41, 5.74) is 3.29. The fourth-order valence-corrected chi connectivity index (χ4v) is 5.35. The molecule has 0 radical (unpaired) electrons. The minimum atomic E-state index is -3.58. The van der Waals surface area contributed by atoms with Crippen molar-refractivity contribution in [2.45, 2.75) is 37.8 Å². The molecule has 0 amide bonds. The molecule has 6 heteroatoms. The van der Waals surface area contributed by atoms with Gasteiger partial charge in [-0.2, -0.15) is 0 Å². The quantitative estimate of drug-likeness (QED) is 0.455. The molecule has 0 saturated heterocycles. The highest BCUT2D eigenvalue weighted by atomic mass is 32.2. The third kappa shape index (κ3) is 5.22. The zero-order valence-electron chi connectivity index (χ0n) is 19.4. The van der Waals surface area contributed by atoms with Crippen LogP contribution in [0.25, 0.3) is 6.08 Å². The number of anilines is 1. The maximum atomic E-state index is 13.3. The molecule has 1 aliphatic rings. The highest BCUT2D eigenvalue weighted by molar-refractivity contribution is 7.91. The lowest BCUT2D eigenvalue weighted by molar-refractivity contribution is 0.159.